The molecule has 0 bridgehead atoms. The lowest BCUT2D eigenvalue weighted by atomic mass is 10.1. The predicted octanol–water partition coefficient (Wildman–Crippen LogP) is 2.13. The number of aryl methyl sites for hydroxylation is 1. The van der Waals surface area contributed by atoms with Gasteiger partial charge in [-0.05, 0) is 13.0 Å². The van der Waals surface area contributed by atoms with Gasteiger partial charge in [0.05, 0.1) is 4.92 Å². The minimum Gasteiger partial charge on any atom is -0.306 e. The van der Waals surface area contributed by atoms with Gasteiger partial charge in [-0.1, -0.05) is 6.07 Å². The Kier molecular flexibility index (Phi) is 3.98. The van der Waals surface area contributed by atoms with E-state index in [1.807, 2.05) is 0 Å². The van der Waals surface area contributed by atoms with Gasteiger partial charge in [-0.15, -0.1) is 0 Å². The SMILES string of the molecule is Cc1ccc(C(=O)Nc2cc(-n3ccnc3)ncn2)cc1[N+](=O)[O-]. The van der Waals surface area contributed by atoms with E-state index in [0.717, 1.165) is 0 Å². The van der Waals surface area contributed by atoms with Gasteiger partial charge < -0.3 is 5.32 Å². The molecular formula is C15H12N6O3. The minimum absolute atomic E-state index is 0.107. The molecule has 0 atom stereocenters. The molecule has 0 saturated heterocycles. The number of carbonyl (C=O) groups is 1. The first-order valence-electron chi connectivity index (χ1n) is 6.91. The summed E-state index contributed by atoms with van der Waals surface area (Å²) in [5, 5.41) is 13.6. The van der Waals surface area contributed by atoms with Gasteiger partial charge in [0.2, 0.25) is 0 Å². The second-order valence-electron chi connectivity index (χ2n) is 4.94. The van der Waals surface area contributed by atoms with Crippen molar-refractivity contribution in [2.45, 2.75) is 6.92 Å². The van der Waals surface area contributed by atoms with E-state index in [0.29, 0.717) is 11.4 Å². The number of hydrogen-bond acceptors (Lipinski definition) is 6. The number of amides is 1. The molecule has 1 N–H and O–H groups in total. The monoisotopic (exact) mass is 324 g/mol. The summed E-state index contributed by atoms with van der Waals surface area (Å²) in [5.74, 6) is 0.322. The summed E-state index contributed by atoms with van der Waals surface area (Å²) in [6.07, 6.45) is 6.18. The highest BCUT2D eigenvalue weighted by Gasteiger charge is 2.15. The Morgan fingerprint density at radius 1 is 1.29 bits per heavy atom. The molecule has 2 heterocycles. The maximum absolute atomic E-state index is 12.3. The second kappa shape index (κ2) is 6.24. The highest BCUT2D eigenvalue weighted by Crippen LogP contribution is 2.20. The zero-order valence-electron chi connectivity index (χ0n) is 12.6. The van der Waals surface area contributed by atoms with Crippen LogP contribution in [0.25, 0.3) is 5.82 Å². The Morgan fingerprint density at radius 2 is 2.12 bits per heavy atom. The number of aromatic nitrogens is 4. The number of hydrogen-bond donors (Lipinski definition) is 1. The largest absolute Gasteiger partial charge is 0.306 e. The van der Waals surface area contributed by atoms with Gasteiger partial charge in [-0.25, -0.2) is 15.0 Å². The van der Waals surface area contributed by atoms with E-state index in [1.165, 1.54) is 24.5 Å². The van der Waals surface area contributed by atoms with E-state index in [9.17, 15) is 14.9 Å². The van der Waals surface area contributed by atoms with Crippen molar-refractivity contribution in [1.82, 2.24) is 19.5 Å². The maximum Gasteiger partial charge on any atom is 0.273 e. The van der Waals surface area contributed by atoms with Gasteiger partial charge in [0.25, 0.3) is 11.6 Å². The summed E-state index contributed by atoms with van der Waals surface area (Å²) < 4.78 is 1.66. The van der Waals surface area contributed by atoms with E-state index in [2.05, 4.69) is 20.3 Å². The lowest BCUT2D eigenvalue weighted by Gasteiger charge is -2.07. The summed E-state index contributed by atoms with van der Waals surface area (Å²) in [4.78, 5) is 34.7. The fourth-order valence-corrected chi connectivity index (χ4v) is 2.09. The third kappa shape index (κ3) is 3.09. The number of nitrogens with one attached hydrogen (secondary N) is 1. The van der Waals surface area contributed by atoms with Crippen LogP contribution in [0.2, 0.25) is 0 Å². The number of carbonyl (C=O) groups excluding carboxylic acids is 1. The molecule has 0 fully saturated rings. The topological polar surface area (TPSA) is 116 Å². The molecule has 120 valence electrons. The van der Waals surface area contributed by atoms with Crippen LogP contribution >= 0.6 is 0 Å². The van der Waals surface area contributed by atoms with Crippen molar-refractivity contribution < 1.29 is 9.72 Å². The molecule has 2 aromatic heterocycles. The summed E-state index contributed by atoms with van der Waals surface area (Å²) in [5.41, 5.74) is 0.556. The molecule has 9 heteroatoms. The van der Waals surface area contributed by atoms with E-state index in [1.54, 1.807) is 36.3 Å². The third-order valence-electron chi connectivity index (χ3n) is 3.33. The fraction of sp³-hybridized carbons (Fsp3) is 0.0667. The highest BCUT2D eigenvalue weighted by molar-refractivity contribution is 6.04. The second-order valence-corrected chi connectivity index (χ2v) is 4.94. The lowest BCUT2D eigenvalue weighted by Crippen LogP contribution is -2.14. The number of benzene rings is 1. The van der Waals surface area contributed by atoms with Crippen molar-refractivity contribution >= 4 is 17.4 Å². The van der Waals surface area contributed by atoms with Crippen molar-refractivity contribution in [3.05, 3.63) is 70.6 Å². The molecule has 0 saturated carbocycles. The van der Waals surface area contributed by atoms with Crippen molar-refractivity contribution in [2.75, 3.05) is 5.32 Å². The van der Waals surface area contributed by atoms with E-state index in [-0.39, 0.29) is 17.1 Å². The number of imidazole rings is 1. The quantitative estimate of drug-likeness (QED) is 0.580. The van der Waals surface area contributed by atoms with E-state index in [4.69, 9.17) is 0 Å². The van der Waals surface area contributed by atoms with E-state index < -0.39 is 10.8 Å². The van der Waals surface area contributed by atoms with Crippen molar-refractivity contribution in [2.24, 2.45) is 0 Å². The van der Waals surface area contributed by atoms with Gasteiger partial charge in [-0.2, -0.15) is 0 Å². The fourth-order valence-electron chi connectivity index (χ4n) is 2.09. The molecule has 3 aromatic rings. The Bertz CT molecular complexity index is 907. The normalized spacial score (nSPS) is 10.4. The van der Waals surface area contributed by atoms with Crippen LogP contribution in [-0.2, 0) is 0 Å². The number of nitro groups is 1. The standard InChI is InChI=1S/C15H12N6O3/c1-10-2-3-11(6-12(10)21(23)24)15(22)19-13-7-14(18-8-17-13)20-5-4-16-9-20/h2-9H,1H3,(H,17,18,19,22). The van der Waals surface area contributed by atoms with Crippen LogP contribution in [0.3, 0.4) is 0 Å². The highest BCUT2D eigenvalue weighted by atomic mass is 16.6. The minimum atomic E-state index is -0.520. The zero-order chi connectivity index (χ0) is 17.1. The average Bonchev–Trinajstić information content (AvgIpc) is 3.09. The number of anilines is 1. The van der Waals surface area contributed by atoms with Crippen LogP contribution in [0, 0.1) is 17.0 Å². The molecule has 24 heavy (non-hydrogen) atoms. The summed E-state index contributed by atoms with van der Waals surface area (Å²) in [7, 11) is 0. The molecule has 0 aliphatic carbocycles. The van der Waals surface area contributed by atoms with Crippen LogP contribution in [0.4, 0.5) is 11.5 Å². The van der Waals surface area contributed by atoms with Crippen LogP contribution in [0.1, 0.15) is 15.9 Å². The smallest absolute Gasteiger partial charge is 0.273 e. The van der Waals surface area contributed by atoms with Crippen molar-refractivity contribution in [1.29, 1.82) is 0 Å². The summed E-state index contributed by atoms with van der Waals surface area (Å²) in [6, 6.07) is 5.87. The van der Waals surface area contributed by atoms with Crippen LogP contribution in [-0.4, -0.2) is 30.3 Å². The zero-order valence-corrected chi connectivity index (χ0v) is 12.6. The number of nitro benzene ring substituents is 1. The molecular weight excluding hydrogens is 312 g/mol. The Balaban J connectivity index is 1.84. The number of rotatable bonds is 4. The molecule has 0 aliphatic heterocycles. The van der Waals surface area contributed by atoms with Gasteiger partial charge >= 0.3 is 0 Å². The molecule has 0 aliphatic rings. The third-order valence-corrected chi connectivity index (χ3v) is 3.33. The Morgan fingerprint density at radius 3 is 2.83 bits per heavy atom. The molecule has 1 amide bonds. The average molecular weight is 324 g/mol. The Hall–Kier alpha value is -3.62. The maximum atomic E-state index is 12.3. The van der Waals surface area contributed by atoms with E-state index >= 15 is 0 Å². The first kappa shape index (κ1) is 15.3. The molecule has 9 nitrogen and oxygen atoms in total. The van der Waals surface area contributed by atoms with Gasteiger partial charge in [0, 0.05) is 35.7 Å². The van der Waals surface area contributed by atoms with Crippen LogP contribution < -0.4 is 5.32 Å². The summed E-state index contributed by atoms with van der Waals surface area (Å²) in [6.45, 7) is 1.61. The lowest BCUT2D eigenvalue weighted by molar-refractivity contribution is -0.385. The molecule has 0 radical (unpaired) electrons. The Labute approximate surface area is 136 Å². The first-order chi connectivity index (χ1) is 11.5. The van der Waals surface area contributed by atoms with Gasteiger partial charge in [0.1, 0.15) is 24.3 Å². The van der Waals surface area contributed by atoms with Gasteiger partial charge in [0.15, 0.2) is 0 Å². The van der Waals surface area contributed by atoms with Crippen molar-refractivity contribution in [3.63, 3.8) is 0 Å². The molecule has 1 aromatic carbocycles. The van der Waals surface area contributed by atoms with Crippen LogP contribution in [0.5, 0.6) is 0 Å². The molecule has 0 spiro atoms. The van der Waals surface area contributed by atoms with Gasteiger partial charge in [-0.3, -0.25) is 19.5 Å². The summed E-state index contributed by atoms with van der Waals surface area (Å²) >= 11 is 0. The van der Waals surface area contributed by atoms with Crippen molar-refractivity contribution in [3.8, 4) is 5.82 Å². The number of nitrogens with zero attached hydrogens (tertiary/aromatic N) is 5. The van der Waals surface area contributed by atoms with Crippen LogP contribution in [0.15, 0.2) is 49.3 Å². The first-order valence-corrected chi connectivity index (χ1v) is 6.91. The molecule has 3 rings (SSSR count). The predicted molar refractivity (Wildman–Crippen MR) is 84.9 cm³/mol. The molecule has 0 unspecified atom stereocenters.